The molecule has 1 aromatic rings. The van der Waals surface area contributed by atoms with Crippen molar-refractivity contribution in [1.29, 1.82) is 0 Å². The number of alkyl halides is 3. The molecule has 1 heterocycles. The van der Waals surface area contributed by atoms with E-state index in [0.29, 0.717) is 5.69 Å². The first-order valence-corrected chi connectivity index (χ1v) is 7.57. The first-order chi connectivity index (χ1) is 11.2. The van der Waals surface area contributed by atoms with E-state index in [9.17, 15) is 23.1 Å². The summed E-state index contributed by atoms with van der Waals surface area (Å²) in [6.07, 6.45) is -5.60. The number of aliphatic imine (C=N–C) groups is 2. The van der Waals surface area contributed by atoms with Crippen LogP contribution < -0.4 is 15.8 Å². The van der Waals surface area contributed by atoms with Crippen molar-refractivity contribution in [3.05, 3.63) is 24.3 Å². The van der Waals surface area contributed by atoms with Gasteiger partial charge in [0.1, 0.15) is 11.6 Å². The standard InChI is InChI=1S/C13H13F3N4O3S/c14-13(15,16)23-8-3-1-7(2-4-8)18-11(22)6-24-12-19-9(17)5-10(21)20-12/h1-4,10,21H,5-6H2,(H,18,22)(H2,17,19,20). The van der Waals surface area contributed by atoms with Crippen molar-refractivity contribution >= 4 is 34.4 Å². The second-order valence-electron chi connectivity index (χ2n) is 4.61. The number of halogens is 3. The van der Waals surface area contributed by atoms with Crippen LogP contribution in [0.5, 0.6) is 5.75 Å². The maximum atomic E-state index is 12.0. The second-order valence-corrected chi connectivity index (χ2v) is 5.55. The van der Waals surface area contributed by atoms with Gasteiger partial charge in [-0.15, -0.1) is 13.2 Å². The van der Waals surface area contributed by atoms with Gasteiger partial charge in [0, 0.05) is 5.69 Å². The number of nitrogens with one attached hydrogen (secondary N) is 1. The SMILES string of the molecule is NC1=NC(SCC(=O)Nc2ccc(OC(F)(F)F)cc2)=NC(O)C1. The van der Waals surface area contributed by atoms with E-state index >= 15 is 0 Å². The van der Waals surface area contributed by atoms with Crippen LogP contribution in [0.3, 0.4) is 0 Å². The normalized spacial score (nSPS) is 17.8. The molecule has 0 spiro atoms. The number of aliphatic hydroxyl groups is 1. The molecule has 0 saturated carbocycles. The first-order valence-electron chi connectivity index (χ1n) is 6.58. The van der Waals surface area contributed by atoms with E-state index in [1.807, 2.05) is 0 Å². The molecule has 1 atom stereocenters. The number of carbonyl (C=O) groups is 1. The van der Waals surface area contributed by atoms with Crippen molar-refractivity contribution in [2.45, 2.75) is 19.0 Å². The molecule has 0 aliphatic carbocycles. The van der Waals surface area contributed by atoms with Crippen molar-refractivity contribution < 1.29 is 27.8 Å². The summed E-state index contributed by atoms with van der Waals surface area (Å²) in [4.78, 5) is 19.5. The number of hydrogen-bond donors (Lipinski definition) is 3. The minimum absolute atomic E-state index is 0.0524. The third-order valence-corrected chi connectivity index (χ3v) is 3.46. The summed E-state index contributed by atoms with van der Waals surface area (Å²) in [6.45, 7) is 0. The van der Waals surface area contributed by atoms with Gasteiger partial charge in [-0.3, -0.25) is 4.79 Å². The molecule has 1 aromatic carbocycles. The lowest BCUT2D eigenvalue weighted by Crippen LogP contribution is -2.25. The number of ether oxygens (including phenoxy) is 1. The van der Waals surface area contributed by atoms with Crippen LogP contribution in [0.4, 0.5) is 18.9 Å². The van der Waals surface area contributed by atoms with Gasteiger partial charge in [0.2, 0.25) is 5.91 Å². The average Bonchev–Trinajstić information content (AvgIpc) is 2.45. The fraction of sp³-hybridized carbons (Fsp3) is 0.308. The van der Waals surface area contributed by atoms with Crippen molar-refractivity contribution in [2.24, 2.45) is 15.7 Å². The van der Waals surface area contributed by atoms with Crippen LogP contribution in [0.15, 0.2) is 34.3 Å². The highest BCUT2D eigenvalue weighted by atomic mass is 32.2. The molecule has 0 bridgehead atoms. The molecular weight excluding hydrogens is 349 g/mol. The number of aliphatic hydroxyl groups excluding tert-OH is 1. The van der Waals surface area contributed by atoms with Gasteiger partial charge in [0.05, 0.1) is 12.2 Å². The molecule has 1 unspecified atom stereocenters. The Morgan fingerprint density at radius 2 is 2.08 bits per heavy atom. The van der Waals surface area contributed by atoms with Crippen molar-refractivity contribution in [3.8, 4) is 5.75 Å². The van der Waals surface area contributed by atoms with Gasteiger partial charge in [0.15, 0.2) is 11.4 Å². The number of nitrogens with two attached hydrogens (primary N) is 1. The Kier molecular flexibility index (Phi) is 5.67. The van der Waals surface area contributed by atoms with Gasteiger partial charge in [-0.2, -0.15) is 0 Å². The molecule has 1 aliphatic rings. The summed E-state index contributed by atoms with van der Waals surface area (Å²) in [7, 11) is 0. The first kappa shape index (κ1) is 18.1. The predicted octanol–water partition coefficient (Wildman–Crippen LogP) is 1.69. The highest BCUT2D eigenvalue weighted by molar-refractivity contribution is 8.14. The molecule has 7 nitrogen and oxygen atoms in total. The average molecular weight is 362 g/mol. The maximum Gasteiger partial charge on any atom is 0.573 e. The lowest BCUT2D eigenvalue weighted by atomic mass is 10.3. The summed E-state index contributed by atoms with van der Waals surface area (Å²) < 4.78 is 39.8. The fourth-order valence-electron chi connectivity index (χ4n) is 1.69. The van der Waals surface area contributed by atoms with Gasteiger partial charge in [-0.25, -0.2) is 9.98 Å². The van der Waals surface area contributed by atoms with E-state index < -0.39 is 18.5 Å². The lowest BCUT2D eigenvalue weighted by molar-refractivity contribution is -0.274. The fourth-order valence-corrected chi connectivity index (χ4v) is 2.40. The van der Waals surface area contributed by atoms with Crippen LogP contribution in [0.1, 0.15) is 6.42 Å². The summed E-state index contributed by atoms with van der Waals surface area (Å²) in [5, 5.41) is 12.1. The molecule has 1 aliphatic heterocycles. The topological polar surface area (TPSA) is 109 Å². The number of nitrogens with zero attached hydrogens (tertiary/aromatic N) is 2. The number of hydrogen-bond acceptors (Lipinski definition) is 7. The number of rotatable bonds is 4. The van der Waals surface area contributed by atoms with E-state index in [1.54, 1.807) is 0 Å². The predicted molar refractivity (Wildman–Crippen MR) is 83.9 cm³/mol. The number of anilines is 1. The van der Waals surface area contributed by atoms with E-state index in [-0.39, 0.29) is 28.9 Å². The lowest BCUT2D eigenvalue weighted by Gasteiger charge is -2.13. The summed E-state index contributed by atoms with van der Waals surface area (Å²) in [6, 6.07) is 4.73. The molecule has 1 amide bonds. The van der Waals surface area contributed by atoms with Crippen molar-refractivity contribution in [1.82, 2.24) is 0 Å². The van der Waals surface area contributed by atoms with Crippen LogP contribution in [-0.2, 0) is 4.79 Å². The zero-order valence-electron chi connectivity index (χ0n) is 12.1. The number of amides is 1. The smallest absolute Gasteiger partial charge is 0.406 e. The van der Waals surface area contributed by atoms with Crippen LogP contribution in [-0.4, -0.2) is 40.4 Å². The van der Waals surface area contributed by atoms with E-state index in [2.05, 4.69) is 20.0 Å². The Morgan fingerprint density at radius 1 is 1.42 bits per heavy atom. The molecule has 0 radical (unpaired) electrons. The molecular formula is C13H13F3N4O3S. The highest BCUT2D eigenvalue weighted by Crippen LogP contribution is 2.24. The van der Waals surface area contributed by atoms with Crippen LogP contribution in [0.2, 0.25) is 0 Å². The number of carbonyl (C=O) groups excluding carboxylic acids is 1. The second kappa shape index (κ2) is 7.53. The van der Waals surface area contributed by atoms with Crippen molar-refractivity contribution in [2.75, 3.05) is 11.1 Å². The molecule has 0 fully saturated rings. The van der Waals surface area contributed by atoms with Crippen LogP contribution in [0, 0.1) is 0 Å². The number of thioether (sulfide) groups is 1. The summed E-state index contributed by atoms with van der Waals surface area (Å²) in [5.74, 6) is -0.629. The van der Waals surface area contributed by atoms with E-state index in [4.69, 9.17) is 5.73 Å². The quantitative estimate of drug-likeness (QED) is 0.755. The van der Waals surface area contributed by atoms with Gasteiger partial charge in [0.25, 0.3) is 0 Å². The van der Waals surface area contributed by atoms with Crippen LogP contribution >= 0.6 is 11.8 Å². The molecule has 2 rings (SSSR count). The van der Waals surface area contributed by atoms with E-state index in [1.165, 1.54) is 12.1 Å². The molecule has 0 aromatic heterocycles. The van der Waals surface area contributed by atoms with Crippen LogP contribution in [0.25, 0.3) is 0 Å². The minimum Gasteiger partial charge on any atom is -0.406 e. The van der Waals surface area contributed by atoms with Gasteiger partial charge in [-0.1, -0.05) is 11.8 Å². The summed E-state index contributed by atoms with van der Waals surface area (Å²) in [5.41, 5.74) is 5.82. The van der Waals surface area contributed by atoms with Gasteiger partial charge >= 0.3 is 6.36 Å². The Labute approximate surface area is 138 Å². The monoisotopic (exact) mass is 362 g/mol. The number of amidine groups is 2. The van der Waals surface area contributed by atoms with Gasteiger partial charge < -0.3 is 20.9 Å². The third kappa shape index (κ3) is 6.08. The molecule has 4 N–H and O–H groups in total. The molecule has 130 valence electrons. The zero-order chi connectivity index (χ0) is 17.7. The van der Waals surface area contributed by atoms with Crippen molar-refractivity contribution in [3.63, 3.8) is 0 Å². The Morgan fingerprint density at radius 3 is 2.67 bits per heavy atom. The van der Waals surface area contributed by atoms with Gasteiger partial charge in [-0.05, 0) is 24.3 Å². The molecule has 11 heteroatoms. The Bertz CT molecular complexity index is 661. The zero-order valence-corrected chi connectivity index (χ0v) is 12.9. The minimum atomic E-state index is -4.77. The van der Waals surface area contributed by atoms with E-state index in [0.717, 1.165) is 23.9 Å². The highest BCUT2D eigenvalue weighted by Gasteiger charge is 2.30. The number of benzene rings is 1. The Balaban J connectivity index is 1.84. The largest absolute Gasteiger partial charge is 0.573 e. The molecule has 24 heavy (non-hydrogen) atoms. The maximum absolute atomic E-state index is 12.0. The molecule has 0 saturated heterocycles. The summed E-state index contributed by atoms with van der Waals surface area (Å²) >= 11 is 0.980. The third-order valence-electron chi connectivity index (χ3n) is 2.59. The Hall–Kier alpha value is -2.27.